The lowest BCUT2D eigenvalue weighted by Crippen LogP contribution is -2.49. The zero-order chi connectivity index (χ0) is 16.7. The summed E-state index contributed by atoms with van der Waals surface area (Å²) in [5, 5.41) is 20.4. The van der Waals surface area contributed by atoms with E-state index in [4.69, 9.17) is 0 Å². The van der Waals surface area contributed by atoms with Crippen molar-refractivity contribution in [3.8, 4) is 0 Å². The molecule has 2 N–H and O–H groups in total. The van der Waals surface area contributed by atoms with E-state index in [0.29, 0.717) is 5.69 Å². The Bertz CT molecular complexity index is 685. The molecule has 7 heteroatoms. The van der Waals surface area contributed by atoms with Crippen LogP contribution in [-0.2, 0) is 11.6 Å². The summed E-state index contributed by atoms with van der Waals surface area (Å²) in [6, 6.07) is 5.98. The van der Waals surface area contributed by atoms with Crippen LogP contribution >= 0.6 is 0 Å². The molecular weight excluding hydrogens is 309 g/mol. The van der Waals surface area contributed by atoms with E-state index in [1.807, 2.05) is 0 Å². The van der Waals surface area contributed by atoms with Gasteiger partial charge in [0.2, 0.25) is 0 Å². The lowest BCUT2D eigenvalue weighted by Gasteiger charge is -2.48. The summed E-state index contributed by atoms with van der Waals surface area (Å²) in [5.74, 6) is 0. The molecule has 0 saturated heterocycles. The molecule has 2 heterocycles. The SMILES string of the molecule is OC1CC(c2cncc(C(F)(F)F)c2)(C(O)c2ccccn2)C1. The molecule has 3 rings (SSSR count). The molecule has 4 nitrogen and oxygen atoms in total. The zero-order valence-electron chi connectivity index (χ0n) is 12.0. The van der Waals surface area contributed by atoms with E-state index >= 15 is 0 Å². The Morgan fingerprint density at radius 2 is 1.96 bits per heavy atom. The van der Waals surface area contributed by atoms with Crippen molar-refractivity contribution in [3.63, 3.8) is 0 Å². The van der Waals surface area contributed by atoms with Crippen LogP contribution in [0.1, 0.15) is 35.8 Å². The summed E-state index contributed by atoms with van der Waals surface area (Å²) >= 11 is 0. The van der Waals surface area contributed by atoms with Gasteiger partial charge in [0.15, 0.2) is 0 Å². The van der Waals surface area contributed by atoms with Crippen molar-refractivity contribution in [2.45, 2.75) is 36.6 Å². The molecular formula is C16H15F3N2O2. The van der Waals surface area contributed by atoms with Crippen molar-refractivity contribution in [2.75, 3.05) is 0 Å². The first-order chi connectivity index (χ1) is 10.8. The predicted octanol–water partition coefficient (Wildman–Crippen LogP) is 2.62. The van der Waals surface area contributed by atoms with Gasteiger partial charge in [-0.05, 0) is 36.6 Å². The van der Waals surface area contributed by atoms with Crippen LogP contribution in [-0.4, -0.2) is 26.3 Å². The summed E-state index contributed by atoms with van der Waals surface area (Å²) in [6.07, 6.45) is -2.40. The van der Waals surface area contributed by atoms with Crippen molar-refractivity contribution in [2.24, 2.45) is 0 Å². The van der Waals surface area contributed by atoms with Gasteiger partial charge in [-0.3, -0.25) is 9.97 Å². The Labute approximate surface area is 130 Å². The normalized spacial score (nSPS) is 25.7. The van der Waals surface area contributed by atoms with E-state index in [2.05, 4.69) is 9.97 Å². The number of aliphatic hydroxyl groups is 2. The summed E-state index contributed by atoms with van der Waals surface area (Å²) in [7, 11) is 0. The van der Waals surface area contributed by atoms with Gasteiger partial charge in [-0.1, -0.05) is 6.07 Å². The molecule has 1 saturated carbocycles. The maximum absolute atomic E-state index is 12.9. The Morgan fingerprint density at radius 3 is 2.52 bits per heavy atom. The molecule has 1 aliphatic rings. The van der Waals surface area contributed by atoms with Crippen LogP contribution < -0.4 is 0 Å². The topological polar surface area (TPSA) is 66.2 Å². The summed E-state index contributed by atoms with van der Waals surface area (Å²) in [5.41, 5.74) is -1.27. The van der Waals surface area contributed by atoms with E-state index in [1.54, 1.807) is 18.2 Å². The number of aromatic nitrogens is 2. The third-order valence-electron chi connectivity index (χ3n) is 4.33. The van der Waals surface area contributed by atoms with E-state index in [-0.39, 0.29) is 18.4 Å². The number of rotatable bonds is 3. The van der Waals surface area contributed by atoms with Gasteiger partial charge in [-0.25, -0.2) is 0 Å². The molecule has 0 bridgehead atoms. The van der Waals surface area contributed by atoms with Crippen molar-refractivity contribution in [3.05, 3.63) is 59.7 Å². The predicted molar refractivity (Wildman–Crippen MR) is 75.4 cm³/mol. The van der Waals surface area contributed by atoms with Crippen LogP contribution in [0.2, 0.25) is 0 Å². The Balaban J connectivity index is 2.02. The number of alkyl halides is 3. The number of pyridine rings is 2. The molecule has 1 aliphatic carbocycles. The largest absolute Gasteiger partial charge is 0.417 e. The first-order valence-corrected chi connectivity index (χ1v) is 7.13. The molecule has 1 atom stereocenters. The quantitative estimate of drug-likeness (QED) is 0.911. The molecule has 2 aromatic heterocycles. The van der Waals surface area contributed by atoms with Crippen molar-refractivity contribution >= 4 is 0 Å². The summed E-state index contributed by atoms with van der Waals surface area (Å²) in [6.45, 7) is 0. The Hall–Kier alpha value is -1.99. The molecule has 23 heavy (non-hydrogen) atoms. The van der Waals surface area contributed by atoms with Gasteiger partial charge in [-0.15, -0.1) is 0 Å². The van der Waals surface area contributed by atoms with Crippen LogP contribution in [0.25, 0.3) is 0 Å². The van der Waals surface area contributed by atoms with E-state index in [1.165, 1.54) is 12.4 Å². The van der Waals surface area contributed by atoms with Crippen molar-refractivity contribution < 1.29 is 23.4 Å². The third-order valence-corrected chi connectivity index (χ3v) is 4.33. The van der Waals surface area contributed by atoms with Crippen LogP contribution in [0.15, 0.2) is 42.9 Å². The monoisotopic (exact) mass is 324 g/mol. The Morgan fingerprint density at radius 1 is 1.22 bits per heavy atom. The minimum absolute atomic E-state index is 0.160. The second kappa shape index (κ2) is 5.58. The van der Waals surface area contributed by atoms with E-state index in [9.17, 15) is 23.4 Å². The Kier molecular flexibility index (Phi) is 3.85. The minimum atomic E-state index is -4.51. The maximum Gasteiger partial charge on any atom is 0.417 e. The first-order valence-electron chi connectivity index (χ1n) is 7.13. The number of hydrogen-bond acceptors (Lipinski definition) is 4. The second-order valence-electron chi connectivity index (χ2n) is 5.84. The van der Waals surface area contributed by atoms with Gasteiger partial charge in [0, 0.05) is 24.0 Å². The molecule has 0 spiro atoms. The van der Waals surface area contributed by atoms with Crippen LogP contribution in [0.4, 0.5) is 13.2 Å². The number of hydrogen-bond donors (Lipinski definition) is 2. The average Bonchev–Trinajstić information content (AvgIpc) is 2.51. The standard InChI is InChI=1S/C16H15F3N2O2/c17-16(18,19)11-5-10(8-20-9-11)15(6-12(22)7-15)14(23)13-3-1-2-4-21-13/h1-5,8-9,12,14,22-23H,6-7H2. The highest BCUT2D eigenvalue weighted by molar-refractivity contribution is 5.35. The minimum Gasteiger partial charge on any atom is -0.393 e. The van der Waals surface area contributed by atoms with Crippen LogP contribution in [0.3, 0.4) is 0 Å². The fourth-order valence-electron chi connectivity index (χ4n) is 3.09. The van der Waals surface area contributed by atoms with E-state index < -0.39 is 29.4 Å². The summed E-state index contributed by atoms with van der Waals surface area (Å²) < 4.78 is 38.7. The fraction of sp³-hybridized carbons (Fsp3) is 0.375. The highest BCUT2D eigenvalue weighted by atomic mass is 19.4. The number of halogens is 3. The van der Waals surface area contributed by atoms with Gasteiger partial charge < -0.3 is 10.2 Å². The van der Waals surface area contributed by atoms with Gasteiger partial charge in [0.1, 0.15) is 6.10 Å². The number of nitrogens with zero attached hydrogens (tertiary/aromatic N) is 2. The second-order valence-corrected chi connectivity index (χ2v) is 5.84. The molecule has 0 amide bonds. The molecule has 0 radical (unpaired) electrons. The highest BCUT2D eigenvalue weighted by Gasteiger charge is 2.51. The molecule has 2 aromatic rings. The maximum atomic E-state index is 12.9. The van der Waals surface area contributed by atoms with Crippen LogP contribution in [0, 0.1) is 0 Å². The van der Waals surface area contributed by atoms with Gasteiger partial charge in [0.25, 0.3) is 0 Å². The van der Waals surface area contributed by atoms with Crippen LogP contribution in [0.5, 0.6) is 0 Å². The van der Waals surface area contributed by atoms with Gasteiger partial charge >= 0.3 is 6.18 Å². The molecule has 0 aliphatic heterocycles. The first kappa shape index (κ1) is 15.9. The molecule has 122 valence electrons. The van der Waals surface area contributed by atoms with Gasteiger partial charge in [0.05, 0.1) is 17.4 Å². The average molecular weight is 324 g/mol. The molecule has 1 fully saturated rings. The molecule has 1 unspecified atom stereocenters. The third kappa shape index (κ3) is 2.82. The van der Waals surface area contributed by atoms with Gasteiger partial charge in [-0.2, -0.15) is 13.2 Å². The lowest BCUT2D eigenvalue weighted by molar-refractivity contribution is -0.138. The zero-order valence-corrected chi connectivity index (χ0v) is 12.0. The highest BCUT2D eigenvalue weighted by Crippen LogP contribution is 2.52. The smallest absolute Gasteiger partial charge is 0.393 e. The lowest BCUT2D eigenvalue weighted by atomic mass is 9.59. The fourth-order valence-corrected chi connectivity index (χ4v) is 3.09. The number of aliphatic hydroxyl groups excluding tert-OH is 2. The summed E-state index contributed by atoms with van der Waals surface area (Å²) in [4.78, 5) is 7.74. The molecule has 0 aromatic carbocycles. The van der Waals surface area contributed by atoms with E-state index in [0.717, 1.165) is 12.3 Å². The van der Waals surface area contributed by atoms with Crippen molar-refractivity contribution in [1.82, 2.24) is 9.97 Å². The van der Waals surface area contributed by atoms with Crippen molar-refractivity contribution in [1.29, 1.82) is 0 Å².